The van der Waals surface area contributed by atoms with Crippen molar-refractivity contribution in [2.45, 2.75) is 26.8 Å². The third kappa shape index (κ3) is 1.38. The molecule has 0 fully saturated rings. The Labute approximate surface area is 88.6 Å². The molecular weight excluding hydrogens is 192 g/mol. The molecule has 74 valence electrons. The van der Waals surface area contributed by atoms with Crippen LogP contribution in [0.2, 0.25) is 0 Å². The van der Waals surface area contributed by atoms with Gasteiger partial charge in [-0.2, -0.15) is 0 Å². The minimum absolute atomic E-state index is 0.830. The lowest BCUT2D eigenvalue weighted by Crippen LogP contribution is -1.95. The van der Waals surface area contributed by atoms with E-state index >= 15 is 0 Å². The van der Waals surface area contributed by atoms with E-state index < -0.39 is 0 Å². The highest BCUT2D eigenvalue weighted by molar-refractivity contribution is 7.71. The van der Waals surface area contributed by atoms with Gasteiger partial charge in [0.2, 0.25) is 0 Å². The fourth-order valence-electron chi connectivity index (χ4n) is 1.77. The van der Waals surface area contributed by atoms with E-state index in [-0.39, 0.29) is 0 Å². The summed E-state index contributed by atoms with van der Waals surface area (Å²) in [6.07, 6.45) is 1.11. The topological polar surface area (TPSA) is 20.7 Å². The van der Waals surface area contributed by atoms with Crippen LogP contribution in [0.3, 0.4) is 0 Å². The fraction of sp³-hybridized carbons (Fsp3) is 0.364. The van der Waals surface area contributed by atoms with Crippen LogP contribution in [-0.2, 0) is 6.54 Å². The Hall–Kier alpha value is -1.09. The first kappa shape index (κ1) is 9.46. The van der Waals surface area contributed by atoms with Crippen LogP contribution in [0.5, 0.6) is 0 Å². The second-order valence-corrected chi connectivity index (χ2v) is 3.94. The van der Waals surface area contributed by atoms with Gasteiger partial charge in [0.25, 0.3) is 0 Å². The zero-order valence-corrected chi connectivity index (χ0v) is 9.32. The van der Waals surface area contributed by atoms with Gasteiger partial charge in [-0.15, -0.1) is 0 Å². The van der Waals surface area contributed by atoms with E-state index in [1.807, 2.05) is 0 Å². The van der Waals surface area contributed by atoms with Gasteiger partial charge in [0.15, 0.2) is 4.77 Å². The monoisotopic (exact) mass is 206 g/mol. The lowest BCUT2D eigenvalue weighted by molar-refractivity contribution is 0.688. The number of hydrogen-bond acceptors (Lipinski definition) is 1. The molecule has 0 saturated carbocycles. The van der Waals surface area contributed by atoms with E-state index in [4.69, 9.17) is 12.2 Å². The van der Waals surface area contributed by atoms with Crippen molar-refractivity contribution in [1.82, 2.24) is 9.55 Å². The normalized spacial score (nSPS) is 11.0. The van der Waals surface area contributed by atoms with Crippen LogP contribution in [0.25, 0.3) is 11.0 Å². The Morgan fingerprint density at radius 1 is 1.43 bits per heavy atom. The number of H-pyrrole nitrogens is 1. The zero-order chi connectivity index (χ0) is 10.1. The molecule has 0 aliphatic carbocycles. The highest BCUT2D eigenvalue weighted by atomic mass is 32.1. The van der Waals surface area contributed by atoms with Crippen LogP contribution in [0.1, 0.15) is 18.9 Å². The van der Waals surface area contributed by atoms with Gasteiger partial charge in [0.1, 0.15) is 0 Å². The Kier molecular flexibility index (Phi) is 2.42. The number of fused-ring (bicyclic) bond motifs is 1. The standard InChI is InChI=1S/C11H14N2S/c1-3-7-13-9-6-4-5-8(2)10(9)12-11(13)14/h4-6H,3,7H2,1-2H3,(H,12,14). The molecule has 0 atom stereocenters. The summed E-state index contributed by atoms with van der Waals surface area (Å²) < 4.78 is 2.99. The number of imidazole rings is 1. The smallest absolute Gasteiger partial charge is 0.178 e. The van der Waals surface area contributed by atoms with Crippen molar-refractivity contribution in [1.29, 1.82) is 0 Å². The Morgan fingerprint density at radius 2 is 2.21 bits per heavy atom. The molecule has 3 heteroatoms. The summed E-state index contributed by atoms with van der Waals surface area (Å²) in [5.41, 5.74) is 3.64. The third-order valence-corrected chi connectivity index (χ3v) is 2.79. The van der Waals surface area contributed by atoms with Crippen molar-refractivity contribution in [2.24, 2.45) is 0 Å². The molecule has 1 heterocycles. The van der Waals surface area contributed by atoms with Gasteiger partial charge in [-0.3, -0.25) is 0 Å². The van der Waals surface area contributed by atoms with Gasteiger partial charge >= 0.3 is 0 Å². The van der Waals surface area contributed by atoms with Crippen molar-refractivity contribution in [3.05, 3.63) is 28.5 Å². The van der Waals surface area contributed by atoms with E-state index in [2.05, 4.69) is 41.6 Å². The fourth-order valence-corrected chi connectivity index (χ4v) is 2.06. The Balaban J connectivity index is 2.77. The lowest BCUT2D eigenvalue weighted by atomic mass is 10.2. The van der Waals surface area contributed by atoms with Gasteiger partial charge in [0, 0.05) is 6.54 Å². The molecule has 1 aromatic heterocycles. The highest BCUT2D eigenvalue weighted by Crippen LogP contribution is 2.17. The first-order valence-corrected chi connectivity index (χ1v) is 5.33. The van der Waals surface area contributed by atoms with Crippen molar-refractivity contribution in [3.63, 3.8) is 0 Å². The van der Waals surface area contributed by atoms with Crippen molar-refractivity contribution in [2.75, 3.05) is 0 Å². The van der Waals surface area contributed by atoms with E-state index in [0.29, 0.717) is 0 Å². The summed E-state index contributed by atoms with van der Waals surface area (Å²) in [5.74, 6) is 0. The summed E-state index contributed by atoms with van der Waals surface area (Å²) >= 11 is 5.29. The molecule has 0 aliphatic heterocycles. The highest BCUT2D eigenvalue weighted by Gasteiger charge is 2.04. The zero-order valence-electron chi connectivity index (χ0n) is 8.50. The van der Waals surface area contributed by atoms with E-state index in [1.165, 1.54) is 16.6 Å². The van der Waals surface area contributed by atoms with Crippen molar-refractivity contribution < 1.29 is 0 Å². The summed E-state index contributed by atoms with van der Waals surface area (Å²) in [6, 6.07) is 6.29. The first-order valence-electron chi connectivity index (χ1n) is 4.92. The molecule has 0 saturated heterocycles. The van der Waals surface area contributed by atoms with Crippen molar-refractivity contribution >= 4 is 23.3 Å². The van der Waals surface area contributed by atoms with E-state index in [9.17, 15) is 0 Å². The van der Waals surface area contributed by atoms with E-state index in [1.54, 1.807) is 0 Å². The quantitative estimate of drug-likeness (QED) is 0.747. The molecule has 0 radical (unpaired) electrons. The number of aromatic nitrogens is 2. The van der Waals surface area contributed by atoms with Gasteiger partial charge < -0.3 is 9.55 Å². The average Bonchev–Trinajstić information content (AvgIpc) is 2.47. The number of nitrogens with one attached hydrogen (secondary N) is 1. The summed E-state index contributed by atoms with van der Waals surface area (Å²) in [5, 5.41) is 0. The molecule has 0 aliphatic rings. The number of para-hydroxylation sites is 1. The predicted octanol–water partition coefficient (Wildman–Crippen LogP) is 3.42. The Bertz CT molecular complexity index is 507. The maximum absolute atomic E-state index is 5.29. The number of hydrogen-bond donors (Lipinski definition) is 1. The van der Waals surface area contributed by atoms with Crippen LogP contribution in [0, 0.1) is 11.7 Å². The largest absolute Gasteiger partial charge is 0.330 e. The molecule has 1 aromatic carbocycles. The maximum atomic E-state index is 5.29. The second kappa shape index (κ2) is 3.58. The third-order valence-electron chi connectivity index (χ3n) is 2.47. The van der Waals surface area contributed by atoms with Gasteiger partial charge in [-0.25, -0.2) is 0 Å². The number of aryl methyl sites for hydroxylation is 2. The van der Waals surface area contributed by atoms with Crippen LogP contribution < -0.4 is 0 Å². The molecule has 2 rings (SSSR count). The molecule has 0 spiro atoms. The molecule has 14 heavy (non-hydrogen) atoms. The second-order valence-electron chi connectivity index (χ2n) is 3.55. The molecule has 1 N–H and O–H groups in total. The minimum atomic E-state index is 0.830. The average molecular weight is 206 g/mol. The first-order chi connectivity index (χ1) is 6.74. The predicted molar refractivity (Wildman–Crippen MR) is 62.2 cm³/mol. The molecule has 0 unspecified atom stereocenters. The summed E-state index contributed by atoms with van der Waals surface area (Å²) in [7, 11) is 0. The summed E-state index contributed by atoms with van der Waals surface area (Å²) in [4.78, 5) is 3.26. The van der Waals surface area contributed by atoms with Crippen LogP contribution in [-0.4, -0.2) is 9.55 Å². The SMILES string of the molecule is CCCn1c(=S)[nH]c2c(C)cccc21. The molecular formula is C11H14N2S. The molecule has 2 nitrogen and oxygen atoms in total. The van der Waals surface area contributed by atoms with Crippen LogP contribution in [0.4, 0.5) is 0 Å². The van der Waals surface area contributed by atoms with Gasteiger partial charge in [-0.1, -0.05) is 19.1 Å². The van der Waals surface area contributed by atoms with Gasteiger partial charge in [-0.05, 0) is 37.2 Å². The molecule has 0 bridgehead atoms. The Morgan fingerprint density at radius 3 is 2.93 bits per heavy atom. The number of benzene rings is 1. The van der Waals surface area contributed by atoms with Crippen LogP contribution >= 0.6 is 12.2 Å². The lowest BCUT2D eigenvalue weighted by Gasteiger charge is -2.01. The van der Waals surface area contributed by atoms with Crippen molar-refractivity contribution in [3.8, 4) is 0 Å². The minimum Gasteiger partial charge on any atom is -0.330 e. The number of aromatic amines is 1. The van der Waals surface area contributed by atoms with Gasteiger partial charge in [0.05, 0.1) is 11.0 Å². The molecule has 0 amide bonds. The maximum Gasteiger partial charge on any atom is 0.178 e. The van der Waals surface area contributed by atoms with E-state index in [0.717, 1.165) is 17.7 Å². The molecule has 2 aromatic rings. The number of rotatable bonds is 2. The van der Waals surface area contributed by atoms with Crippen LogP contribution in [0.15, 0.2) is 18.2 Å². The summed E-state index contributed by atoms with van der Waals surface area (Å²) in [6.45, 7) is 5.25. The number of nitrogens with zero attached hydrogens (tertiary/aromatic N) is 1.